The number of halogens is 2. The zero-order valence-electron chi connectivity index (χ0n) is 10.6. The number of hydrogen-bond donors (Lipinski definition) is 0. The minimum Gasteiger partial charge on any atom is -0.256 e. The van der Waals surface area contributed by atoms with Gasteiger partial charge in [-0.25, -0.2) is 8.78 Å². The lowest BCUT2D eigenvalue weighted by atomic mass is 10.1. The van der Waals surface area contributed by atoms with Crippen LogP contribution in [0.4, 0.5) is 8.78 Å². The fraction of sp³-hybridized carbons (Fsp3) is 0. The third kappa shape index (κ3) is 2.30. The summed E-state index contributed by atoms with van der Waals surface area (Å²) in [7, 11) is 0. The average molecular weight is 267 g/mol. The number of aromatic nitrogens is 1. The largest absolute Gasteiger partial charge is 0.256 e. The van der Waals surface area contributed by atoms with Gasteiger partial charge < -0.3 is 0 Å². The molecule has 3 heteroatoms. The third-order valence-electron chi connectivity index (χ3n) is 3.10. The van der Waals surface area contributed by atoms with Gasteiger partial charge in [0.1, 0.15) is 11.6 Å². The molecule has 0 bridgehead atoms. The lowest BCUT2D eigenvalue weighted by molar-refractivity contribution is 0.630. The van der Waals surface area contributed by atoms with Crippen LogP contribution in [0.15, 0.2) is 66.9 Å². The first-order valence-electron chi connectivity index (χ1n) is 6.21. The van der Waals surface area contributed by atoms with Gasteiger partial charge in [0.25, 0.3) is 0 Å². The van der Waals surface area contributed by atoms with Crippen LogP contribution in [0.2, 0.25) is 0 Å². The highest BCUT2D eigenvalue weighted by molar-refractivity contribution is 5.67. The van der Waals surface area contributed by atoms with Gasteiger partial charge in [-0.3, -0.25) is 4.98 Å². The van der Waals surface area contributed by atoms with Crippen LogP contribution in [0.25, 0.3) is 22.4 Å². The van der Waals surface area contributed by atoms with Crippen LogP contribution < -0.4 is 0 Å². The zero-order chi connectivity index (χ0) is 13.9. The average Bonchev–Trinajstić information content (AvgIpc) is 2.49. The van der Waals surface area contributed by atoms with Crippen molar-refractivity contribution >= 4 is 0 Å². The Bertz CT molecular complexity index is 671. The molecule has 0 aliphatic carbocycles. The van der Waals surface area contributed by atoms with Crippen molar-refractivity contribution in [3.05, 3.63) is 78.5 Å². The Hall–Kier alpha value is -2.55. The molecule has 1 aromatic heterocycles. The van der Waals surface area contributed by atoms with Crippen molar-refractivity contribution in [3.8, 4) is 22.4 Å². The number of nitrogens with zero attached hydrogens (tertiary/aromatic N) is 1. The molecular formula is C17H11F2N. The quantitative estimate of drug-likeness (QED) is 0.656. The second kappa shape index (κ2) is 5.21. The molecule has 0 atom stereocenters. The lowest BCUT2D eigenvalue weighted by Gasteiger charge is -2.05. The van der Waals surface area contributed by atoms with Crippen LogP contribution >= 0.6 is 0 Å². The van der Waals surface area contributed by atoms with Gasteiger partial charge in [0.2, 0.25) is 0 Å². The third-order valence-corrected chi connectivity index (χ3v) is 3.10. The Labute approximate surface area is 115 Å². The van der Waals surface area contributed by atoms with E-state index < -0.39 is 0 Å². The van der Waals surface area contributed by atoms with Crippen LogP contribution in [0, 0.1) is 11.6 Å². The molecule has 0 N–H and O–H groups in total. The van der Waals surface area contributed by atoms with Crippen LogP contribution in [-0.2, 0) is 0 Å². The summed E-state index contributed by atoms with van der Waals surface area (Å²) in [4.78, 5) is 4.22. The van der Waals surface area contributed by atoms with Crippen molar-refractivity contribution < 1.29 is 8.78 Å². The Morgan fingerprint density at radius 3 is 1.80 bits per heavy atom. The first-order valence-corrected chi connectivity index (χ1v) is 6.21. The Morgan fingerprint density at radius 2 is 1.25 bits per heavy atom. The molecular weight excluding hydrogens is 256 g/mol. The number of hydrogen-bond acceptors (Lipinski definition) is 1. The standard InChI is InChI=1S/C17H11F2N/c18-15-7-3-1-5-13(15)12-9-10-17(20-11-12)14-6-2-4-8-16(14)19/h1-11H. The second-order valence-corrected chi connectivity index (χ2v) is 4.39. The van der Waals surface area contributed by atoms with Crippen molar-refractivity contribution in [3.63, 3.8) is 0 Å². The van der Waals surface area contributed by atoms with Crippen molar-refractivity contribution in [1.82, 2.24) is 4.98 Å². The summed E-state index contributed by atoms with van der Waals surface area (Å²) in [6.45, 7) is 0. The molecule has 0 amide bonds. The monoisotopic (exact) mass is 267 g/mol. The van der Waals surface area contributed by atoms with Gasteiger partial charge in [0.15, 0.2) is 0 Å². The fourth-order valence-electron chi connectivity index (χ4n) is 2.08. The molecule has 0 aliphatic rings. The highest BCUT2D eigenvalue weighted by Gasteiger charge is 2.07. The molecule has 0 fully saturated rings. The molecule has 3 aromatic rings. The van der Waals surface area contributed by atoms with E-state index in [0.717, 1.165) is 0 Å². The van der Waals surface area contributed by atoms with Crippen LogP contribution in [0.5, 0.6) is 0 Å². The summed E-state index contributed by atoms with van der Waals surface area (Å²) >= 11 is 0. The summed E-state index contributed by atoms with van der Waals surface area (Å²) in [5.74, 6) is -0.619. The van der Waals surface area contributed by atoms with Crippen molar-refractivity contribution in [1.29, 1.82) is 0 Å². The predicted octanol–water partition coefficient (Wildman–Crippen LogP) is 4.69. The highest BCUT2D eigenvalue weighted by Crippen LogP contribution is 2.25. The molecule has 0 saturated heterocycles. The van der Waals surface area contributed by atoms with E-state index in [1.54, 1.807) is 54.7 Å². The molecule has 0 aliphatic heterocycles. The smallest absolute Gasteiger partial charge is 0.132 e. The molecule has 2 aromatic carbocycles. The van der Waals surface area contributed by atoms with Gasteiger partial charge in [-0.2, -0.15) is 0 Å². The molecule has 0 unspecified atom stereocenters. The van der Waals surface area contributed by atoms with Crippen LogP contribution in [0.3, 0.4) is 0 Å². The first kappa shape index (κ1) is 12.5. The summed E-state index contributed by atoms with van der Waals surface area (Å²) in [6.07, 6.45) is 1.56. The van der Waals surface area contributed by atoms with E-state index in [-0.39, 0.29) is 11.6 Å². The van der Waals surface area contributed by atoms with E-state index in [2.05, 4.69) is 4.98 Å². The maximum atomic E-state index is 13.7. The summed E-state index contributed by atoms with van der Waals surface area (Å²) in [5, 5.41) is 0. The Kier molecular flexibility index (Phi) is 3.25. The first-order chi connectivity index (χ1) is 9.75. The summed E-state index contributed by atoms with van der Waals surface area (Å²) in [6, 6.07) is 16.4. The number of benzene rings is 2. The predicted molar refractivity (Wildman–Crippen MR) is 75.0 cm³/mol. The lowest BCUT2D eigenvalue weighted by Crippen LogP contribution is -1.89. The minimum atomic E-state index is -0.321. The van der Waals surface area contributed by atoms with Gasteiger partial charge in [-0.15, -0.1) is 0 Å². The number of pyridine rings is 1. The van der Waals surface area contributed by atoms with Gasteiger partial charge in [-0.1, -0.05) is 36.4 Å². The topological polar surface area (TPSA) is 12.9 Å². The molecule has 20 heavy (non-hydrogen) atoms. The van der Waals surface area contributed by atoms with E-state index in [1.807, 2.05) is 0 Å². The minimum absolute atomic E-state index is 0.298. The summed E-state index contributed by atoms with van der Waals surface area (Å²) < 4.78 is 27.3. The second-order valence-electron chi connectivity index (χ2n) is 4.39. The maximum absolute atomic E-state index is 13.7. The van der Waals surface area contributed by atoms with Gasteiger partial charge in [0, 0.05) is 22.9 Å². The molecule has 1 heterocycles. The zero-order valence-corrected chi connectivity index (χ0v) is 10.6. The van der Waals surface area contributed by atoms with E-state index >= 15 is 0 Å². The maximum Gasteiger partial charge on any atom is 0.132 e. The van der Waals surface area contributed by atoms with E-state index in [4.69, 9.17) is 0 Å². The summed E-state index contributed by atoms with van der Waals surface area (Å²) in [5.41, 5.74) is 2.12. The van der Waals surface area contributed by atoms with E-state index in [0.29, 0.717) is 22.4 Å². The van der Waals surface area contributed by atoms with Gasteiger partial charge >= 0.3 is 0 Å². The SMILES string of the molecule is Fc1ccccc1-c1ccc(-c2ccccc2F)nc1. The van der Waals surface area contributed by atoms with Crippen molar-refractivity contribution in [2.45, 2.75) is 0 Å². The van der Waals surface area contributed by atoms with E-state index in [1.165, 1.54) is 12.1 Å². The number of rotatable bonds is 2. The van der Waals surface area contributed by atoms with Gasteiger partial charge in [-0.05, 0) is 24.3 Å². The van der Waals surface area contributed by atoms with Crippen LogP contribution in [0.1, 0.15) is 0 Å². The molecule has 3 rings (SSSR count). The fourth-order valence-corrected chi connectivity index (χ4v) is 2.08. The molecule has 0 saturated carbocycles. The normalized spacial score (nSPS) is 10.5. The van der Waals surface area contributed by atoms with Crippen LogP contribution in [-0.4, -0.2) is 4.98 Å². The molecule has 0 radical (unpaired) electrons. The van der Waals surface area contributed by atoms with Gasteiger partial charge in [0.05, 0.1) is 5.69 Å². The Balaban J connectivity index is 2.01. The molecule has 1 nitrogen and oxygen atoms in total. The van der Waals surface area contributed by atoms with Crippen molar-refractivity contribution in [2.24, 2.45) is 0 Å². The molecule has 98 valence electrons. The Morgan fingerprint density at radius 1 is 0.650 bits per heavy atom. The van der Waals surface area contributed by atoms with E-state index in [9.17, 15) is 8.78 Å². The van der Waals surface area contributed by atoms with Crippen molar-refractivity contribution in [2.75, 3.05) is 0 Å². The highest BCUT2D eigenvalue weighted by atomic mass is 19.1. The molecule has 0 spiro atoms.